The summed E-state index contributed by atoms with van der Waals surface area (Å²) in [6.45, 7) is 7.80. The van der Waals surface area contributed by atoms with Crippen LogP contribution in [0.25, 0.3) is 0 Å². The van der Waals surface area contributed by atoms with Gasteiger partial charge >= 0.3 is 6.09 Å². The van der Waals surface area contributed by atoms with Gasteiger partial charge < -0.3 is 15.4 Å². The normalized spacial score (nSPS) is 17.7. The predicted molar refractivity (Wildman–Crippen MR) is 163 cm³/mol. The molecule has 3 amide bonds. The number of carbonyl (C=O) groups excluding carboxylic acids is 3. The van der Waals surface area contributed by atoms with Crippen LogP contribution < -0.4 is 16.1 Å². The third-order valence-electron chi connectivity index (χ3n) is 7.08. The number of benzene rings is 2. The van der Waals surface area contributed by atoms with Crippen LogP contribution in [0.4, 0.5) is 4.79 Å². The maximum atomic E-state index is 13.3. The quantitative estimate of drug-likeness (QED) is 0.218. The first-order valence-corrected chi connectivity index (χ1v) is 15.2. The van der Waals surface area contributed by atoms with Gasteiger partial charge in [-0.25, -0.2) is 9.80 Å². The first-order chi connectivity index (χ1) is 19.6. The second-order valence-corrected chi connectivity index (χ2v) is 12.1. The Morgan fingerprint density at radius 1 is 1.02 bits per heavy atom. The van der Waals surface area contributed by atoms with Crippen LogP contribution in [0, 0.1) is 11.8 Å². The zero-order valence-electron chi connectivity index (χ0n) is 24.1. The molecule has 0 bridgehead atoms. The summed E-state index contributed by atoms with van der Waals surface area (Å²) in [5.74, 6) is 0.0748. The number of nitrogens with one attached hydrogen (secondary N) is 3. The molecule has 2 aromatic carbocycles. The molecule has 2 aromatic rings. The van der Waals surface area contributed by atoms with Crippen molar-refractivity contribution in [2.45, 2.75) is 78.0 Å². The number of amides is 3. The fourth-order valence-corrected chi connectivity index (χ4v) is 5.31. The molecule has 0 radical (unpaired) electrons. The highest BCUT2D eigenvalue weighted by molar-refractivity contribution is 6.42. The monoisotopic (exact) mass is 604 g/mol. The molecule has 0 aromatic heterocycles. The Morgan fingerprint density at radius 2 is 1.78 bits per heavy atom. The van der Waals surface area contributed by atoms with Gasteiger partial charge in [0.1, 0.15) is 12.6 Å². The second kappa shape index (κ2) is 16.6. The fraction of sp³-hybridized carbons (Fsp3) is 0.516. The molecule has 3 atom stereocenters. The van der Waals surface area contributed by atoms with E-state index in [1.165, 1.54) is 6.07 Å². The maximum absolute atomic E-state index is 13.3. The van der Waals surface area contributed by atoms with Crippen molar-refractivity contribution >= 4 is 41.1 Å². The molecule has 224 valence electrons. The van der Waals surface area contributed by atoms with Gasteiger partial charge in [-0.2, -0.15) is 0 Å². The molecular formula is C31H42Cl2N4O4. The lowest BCUT2D eigenvalue weighted by Gasteiger charge is -2.28. The van der Waals surface area contributed by atoms with Crippen LogP contribution in [0.3, 0.4) is 0 Å². The van der Waals surface area contributed by atoms with E-state index in [0.717, 1.165) is 44.2 Å². The molecule has 1 heterocycles. The molecule has 1 aliphatic heterocycles. The molecule has 3 rings (SSSR count). The summed E-state index contributed by atoms with van der Waals surface area (Å²) >= 11 is 12.1. The van der Waals surface area contributed by atoms with E-state index in [2.05, 4.69) is 23.0 Å². The Hall–Kier alpha value is -2.81. The Bertz CT molecular complexity index is 1150. The average molecular weight is 606 g/mol. The number of ether oxygens (including phenoxy) is 1. The number of alkyl carbamates (subject to hydrolysis) is 1. The van der Waals surface area contributed by atoms with E-state index in [1.54, 1.807) is 12.1 Å². The topological polar surface area (TPSA) is 99.8 Å². The highest BCUT2D eigenvalue weighted by atomic mass is 35.5. The van der Waals surface area contributed by atoms with Gasteiger partial charge in [0.05, 0.1) is 10.0 Å². The van der Waals surface area contributed by atoms with E-state index < -0.39 is 12.1 Å². The second-order valence-electron chi connectivity index (χ2n) is 11.2. The van der Waals surface area contributed by atoms with Gasteiger partial charge in [0.25, 0.3) is 11.8 Å². The van der Waals surface area contributed by atoms with Gasteiger partial charge in [-0.3, -0.25) is 15.0 Å². The predicted octanol–water partition coefficient (Wildman–Crippen LogP) is 6.37. The molecule has 0 saturated carbocycles. The zero-order valence-corrected chi connectivity index (χ0v) is 25.6. The average Bonchev–Trinajstić information content (AvgIpc) is 3.29. The number of hydrogen-bond donors (Lipinski definition) is 3. The summed E-state index contributed by atoms with van der Waals surface area (Å²) in [5, 5.41) is 8.38. The first kappa shape index (κ1) is 32.7. The van der Waals surface area contributed by atoms with Crippen molar-refractivity contribution < 1.29 is 19.1 Å². The van der Waals surface area contributed by atoms with Crippen molar-refractivity contribution in [3.05, 3.63) is 69.7 Å². The van der Waals surface area contributed by atoms with E-state index in [-0.39, 0.29) is 35.4 Å². The van der Waals surface area contributed by atoms with Gasteiger partial charge in [0.2, 0.25) is 0 Å². The number of halogens is 2. The third kappa shape index (κ3) is 11.2. The lowest BCUT2D eigenvalue weighted by atomic mass is 10.0. The molecule has 1 fully saturated rings. The highest BCUT2D eigenvalue weighted by Gasteiger charge is 2.32. The standard InChI is InChI=1S/C31H42Cl2N4O4/c1-21(2)16-28(35-29(38)24-13-14-26(32)27(33)18-24)30(39)36-37-19-22(3)17-25(37)12-8-5-9-15-34-31(40)41-20-23-10-6-4-7-11-23/h4,6-7,10-11,13-14,18,21-22,25,28H,5,8-9,12,15-17,19-20H2,1-3H3,(H,34,40)(H,35,38)(H,36,39)/t22?,25-,28-/m0/s1. The number of hydrogen-bond acceptors (Lipinski definition) is 5. The first-order valence-electron chi connectivity index (χ1n) is 14.4. The Morgan fingerprint density at radius 3 is 2.49 bits per heavy atom. The molecule has 1 unspecified atom stereocenters. The van der Waals surface area contributed by atoms with Crippen LogP contribution in [0.1, 0.15) is 75.2 Å². The van der Waals surface area contributed by atoms with Crippen molar-refractivity contribution in [3.8, 4) is 0 Å². The summed E-state index contributed by atoms with van der Waals surface area (Å²) in [6, 6.07) is 13.8. The molecule has 10 heteroatoms. The number of rotatable bonds is 14. The number of nitrogens with zero attached hydrogens (tertiary/aromatic N) is 1. The summed E-state index contributed by atoms with van der Waals surface area (Å²) in [4.78, 5) is 38.1. The van der Waals surface area contributed by atoms with Crippen molar-refractivity contribution in [1.82, 2.24) is 21.1 Å². The van der Waals surface area contributed by atoms with E-state index in [1.807, 2.05) is 49.2 Å². The maximum Gasteiger partial charge on any atom is 0.407 e. The van der Waals surface area contributed by atoms with Gasteiger partial charge in [0, 0.05) is 24.7 Å². The Balaban J connectivity index is 1.42. The van der Waals surface area contributed by atoms with Gasteiger partial charge in [0.15, 0.2) is 0 Å². The Kier molecular flexibility index (Phi) is 13.2. The van der Waals surface area contributed by atoms with E-state index in [4.69, 9.17) is 27.9 Å². The fourth-order valence-electron chi connectivity index (χ4n) is 5.01. The summed E-state index contributed by atoms with van der Waals surface area (Å²) in [6.07, 6.45) is 4.83. The van der Waals surface area contributed by atoms with Crippen LogP contribution >= 0.6 is 23.2 Å². The van der Waals surface area contributed by atoms with Crippen molar-refractivity contribution in [3.63, 3.8) is 0 Å². The van der Waals surface area contributed by atoms with E-state index in [0.29, 0.717) is 29.5 Å². The third-order valence-corrected chi connectivity index (χ3v) is 7.82. The molecule has 1 aliphatic rings. The molecular weight excluding hydrogens is 563 g/mol. The van der Waals surface area contributed by atoms with Crippen molar-refractivity contribution in [1.29, 1.82) is 0 Å². The number of unbranched alkanes of at least 4 members (excludes halogenated alkanes) is 2. The summed E-state index contributed by atoms with van der Waals surface area (Å²) < 4.78 is 5.25. The minimum absolute atomic E-state index is 0.206. The van der Waals surface area contributed by atoms with Crippen molar-refractivity contribution in [2.75, 3.05) is 13.1 Å². The van der Waals surface area contributed by atoms with Gasteiger partial charge in [-0.05, 0) is 61.3 Å². The smallest absolute Gasteiger partial charge is 0.407 e. The highest BCUT2D eigenvalue weighted by Crippen LogP contribution is 2.26. The number of hydrazine groups is 1. The largest absolute Gasteiger partial charge is 0.445 e. The van der Waals surface area contributed by atoms with Crippen molar-refractivity contribution in [2.24, 2.45) is 11.8 Å². The zero-order chi connectivity index (χ0) is 29.8. The summed E-state index contributed by atoms with van der Waals surface area (Å²) in [7, 11) is 0. The van der Waals surface area contributed by atoms with Crippen LogP contribution in [0.5, 0.6) is 0 Å². The molecule has 1 saturated heterocycles. The SMILES string of the molecule is CC(C)C[C@H](NC(=O)c1ccc(Cl)c(Cl)c1)C(=O)NN1CC(C)C[C@@H]1CCCCCNC(=O)OCc1ccccc1. The van der Waals surface area contributed by atoms with Crippen LogP contribution in [0.15, 0.2) is 48.5 Å². The number of carbonyl (C=O) groups is 3. The molecule has 41 heavy (non-hydrogen) atoms. The van der Waals surface area contributed by atoms with E-state index in [9.17, 15) is 14.4 Å². The summed E-state index contributed by atoms with van der Waals surface area (Å²) in [5.41, 5.74) is 4.40. The van der Waals surface area contributed by atoms with Gasteiger partial charge in [-0.15, -0.1) is 0 Å². The molecule has 3 N–H and O–H groups in total. The minimum Gasteiger partial charge on any atom is -0.445 e. The Labute approximate surface area is 253 Å². The van der Waals surface area contributed by atoms with Crippen LogP contribution in [-0.4, -0.2) is 48.1 Å². The minimum atomic E-state index is -0.679. The van der Waals surface area contributed by atoms with Crippen LogP contribution in [-0.2, 0) is 16.1 Å². The van der Waals surface area contributed by atoms with Gasteiger partial charge in [-0.1, -0.05) is 87.1 Å². The lowest BCUT2D eigenvalue weighted by molar-refractivity contribution is -0.128. The van der Waals surface area contributed by atoms with Crippen LogP contribution in [0.2, 0.25) is 10.0 Å². The lowest BCUT2D eigenvalue weighted by Crippen LogP contribution is -2.54. The molecule has 8 nitrogen and oxygen atoms in total. The molecule has 0 spiro atoms. The molecule has 0 aliphatic carbocycles. The van der Waals surface area contributed by atoms with E-state index >= 15 is 0 Å².